The van der Waals surface area contributed by atoms with Crippen molar-refractivity contribution in [2.75, 3.05) is 6.54 Å². The van der Waals surface area contributed by atoms with Crippen molar-refractivity contribution in [2.24, 2.45) is 0 Å². The summed E-state index contributed by atoms with van der Waals surface area (Å²) < 4.78 is 0. The highest BCUT2D eigenvalue weighted by molar-refractivity contribution is 7.80. The summed E-state index contributed by atoms with van der Waals surface area (Å²) in [4.78, 5) is 0.407. The van der Waals surface area contributed by atoms with Crippen LogP contribution in [0.15, 0.2) is 48.3 Å². The quantitative estimate of drug-likeness (QED) is 0.520. The van der Waals surface area contributed by atoms with E-state index in [4.69, 9.17) is 12.2 Å². The first kappa shape index (κ1) is 9.74. The van der Waals surface area contributed by atoms with E-state index in [1.54, 1.807) is 12.2 Å². The Labute approximate surface area is 83.0 Å². The van der Waals surface area contributed by atoms with Crippen LogP contribution in [-0.4, -0.2) is 16.6 Å². The fourth-order valence-corrected chi connectivity index (χ4v) is 1.06. The van der Waals surface area contributed by atoms with Gasteiger partial charge in [0.25, 0.3) is 0 Å². The van der Waals surface area contributed by atoms with E-state index in [1.807, 2.05) is 18.2 Å². The van der Waals surface area contributed by atoms with Gasteiger partial charge in [-0.25, -0.2) is 0 Å². The lowest BCUT2D eigenvalue weighted by Crippen LogP contribution is -2.29. The molecule has 0 fully saturated rings. The van der Waals surface area contributed by atoms with Gasteiger partial charge in [-0.15, -0.1) is 0 Å². The van der Waals surface area contributed by atoms with E-state index in [2.05, 4.69) is 11.9 Å². The monoisotopic (exact) mass is 193 g/mol. The van der Waals surface area contributed by atoms with Crippen LogP contribution in [-0.2, 0) is 0 Å². The molecule has 3 heteroatoms. The van der Waals surface area contributed by atoms with Crippen molar-refractivity contribution < 1.29 is 5.11 Å². The molecule has 13 heavy (non-hydrogen) atoms. The molecular weight excluding hydrogens is 182 g/mol. The Morgan fingerprint density at radius 1 is 1.54 bits per heavy atom. The molecule has 0 aromatic rings. The number of allylic oxidation sites excluding steroid dienone is 4. The van der Waals surface area contributed by atoms with E-state index in [-0.39, 0.29) is 5.76 Å². The summed E-state index contributed by atoms with van der Waals surface area (Å²) in [6.07, 6.45) is 8.94. The van der Waals surface area contributed by atoms with Gasteiger partial charge in [-0.05, 0) is 11.6 Å². The standard InChI is InChI=1S/C10H11NOS/c1-2-3-4-5-8-6-9(12)10(13)11-7-8/h2-6,12H,1,7H2,(H,11,13)/b4-3-,8-5-. The van der Waals surface area contributed by atoms with Crippen molar-refractivity contribution in [2.45, 2.75) is 0 Å². The molecule has 0 amide bonds. The fourth-order valence-electron chi connectivity index (χ4n) is 0.930. The minimum atomic E-state index is 0.125. The second kappa shape index (κ2) is 4.62. The third-order valence-corrected chi connectivity index (χ3v) is 1.92. The van der Waals surface area contributed by atoms with Gasteiger partial charge in [0, 0.05) is 6.54 Å². The molecule has 68 valence electrons. The molecule has 0 aromatic carbocycles. The average molecular weight is 193 g/mol. The molecule has 2 N–H and O–H groups in total. The lowest BCUT2D eigenvalue weighted by molar-refractivity contribution is 0.438. The van der Waals surface area contributed by atoms with Gasteiger partial charge in [-0.2, -0.15) is 0 Å². The highest BCUT2D eigenvalue weighted by Gasteiger charge is 2.08. The van der Waals surface area contributed by atoms with Gasteiger partial charge in [0.15, 0.2) is 0 Å². The predicted octanol–water partition coefficient (Wildman–Crippen LogP) is 2.03. The van der Waals surface area contributed by atoms with Crippen LogP contribution in [0.5, 0.6) is 0 Å². The third-order valence-electron chi connectivity index (χ3n) is 1.57. The maximum atomic E-state index is 9.28. The van der Waals surface area contributed by atoms with Crippen LogP contribution in [0, 0.1) is 0 Å². The molecule has 0 aromatic heterocycles. The topological polar surface area (TPSA) is 32.3 Å². The average Bonchev–Trinajstić information content (AvgIpc) is 2.12. The number of thiocarbonyl (C=S) groups is 1. The fraction of sp³-hybridized carbons (Fsp3) is 0.100. The van der Waals surface area contributed by atoms with Crippen LogP contribution in [0.2, 0.25) is 0 Å². The van der Waals surface area contributed by atoms with Gasteiger partial charge in [0.2, 0.25) is 0 Å². The Hall–Kier alpha value is -1.35. The van der Waals surface area contributed by atoms with Crippen LogP contribution >= 0.6 is 12.2 Å². The molecule has 1 heterocycles. The number of aliphatic hydroxyl groups is 1. The van der Waals surface area contributed by atoms with Gasteiger partial charge in [0.1, 0.15) is 10.7 Å². The van der Waals surface area contributed by atoms with E-state index in [1.165, 1.54) is 0 Å². The minimum absolute atomic E-state index is 0.125. The van der Waals surface area contributed by atoms with E-state index in [0.29, 0.717) is 11.5 Å². The van der Waals surface area contributed by atoms with Crippen LogP contribution in [0.4, 0.5) is 0 Å². The van der Waals surface area contributed by atoms with Crippen LogP contribution in [0.1, 0.15) is 0 Å². The van der Waals surface area contributed by atoms with Crippen molar-refractivity contribution in [3.05, 3.63) is 48.3 Å². The summed E-state index contributed by atoms with van der Waals surface area (Å²) >= 11 is 4.83. The van der Waals surface area contributed by atoms with E-state index >= 15 is 0 Å². The van der Waals surface area contributed by atoms with Crippen molar-refractivity contribution in [1.82, 2.24) is 5.32 Å². The predicted molar refractivity (Wildman–Crippen MR) is 58.7 cm³/mol. The summed E-state index contributed by atoms with van der Waals surface area (Å²) in [7, 11) is 0. The molecule has 2 nitrogen and oxygen atoms in total. The third kappa shape index (κ3) is 2.87. The number of hydrogen-bond acceptors (Lipinski definition) is 2. The largest absolute Gasteiger partial charge is 0.505 e. The van der Waals surface area contributed by atoms with Crippen LogP contribution in [0.3, 0.4) is 0 Å². The Balaban J connectivity index is 2.74. The molecule has 0 saturated heterocycles. The molecule has 0 radical (unpaired) electrons. The molecule has 0 bridgehead atoms. The van der Waals surface area contributed by atoms with Gasteiger partial charge >= 0.3 is 0 Å². The second-order valence-electron chi connectivity index (χ2n) is 2.57. The Morgan fingerprint density at radius 3 is 2.92 bits per heavy atom. The maximum absolute atomic E-state index is 9.28. The molecule has 0 unspecified atom stereocenters. The zero-order valence-electron chi connectivity index (χ0n) is 7.16. The molecule has 1 rings (SSSR count). The first-order valence-corrected chi connectivity index (χ1v) is 4.32. The summed E-state index contributed by atoms with van der Waals surface area (Å²) in [5.41, 5.74) is 0.990. The lowest BCUT2D eigenvalue weighted by Gasteiger charge is -2.13. The maximum Gasteiger partial charge on any atom is 0.150 e. The molecule has 0 spiro atoms. The second-order valence-corrected chi connectivity index (χ2v) is 2.98. The van der Waals surface area contributed by atoms with E-state index < -0.39 is 0 Å². The van der Waals surface area contributed by atoms with Gasteiger partial charge < -0.3 is 10.4 Å². The van der Waals surface area contributed by atoms with Gasteiger partial charge in [-0.3, -0.25) is 0 Å². The smallest absolute Gasteiger partial charge is 0.150 e. The summed E-state index contributed by atoms with van der Waals surface area (Å²) in [6, 6.07) is 0. The zero-order chi connectivity index (χ0) is 9.68. The molecule has 1 aliphatic rings. The Kier molecular flexibility index (Phi) is 3.46. The lowest BCUT2D eigenvalue weighted by atomic mass is 10.1. The zero-order valence-corrected chi connectivity index (χ0v) is 7.97. The van der Waals surface area contributed by atoms with E-state index in [0.717, 1.165) is 5.57 Å². The first-order chi connectivity index (χ1) is 6.24. The SMILES string of the molecule is C=C/C=C\C=C1\C=C(O)C(=S)NC1. The molecule has 0 saturated carbocycles. The number of aliphatic hydroxyl groups excluding tert-OH is 1. The van der Waals surface area contributed by atoms with E-state index in [9.17, 15) is 5.11 Å². The van der Waals surface area contributed by atoms with Gasteiger partial charge in [0.05, 0.1) is 0 Å². The van der Waals surface area contributed by atoms with Gasteiger partial charge in [-0.1, -0.05) is 43.1 Å². The van der Waals surface area contributed by atoms with Crippen LogP contribution in [0.25, 0.3) is 0 Å². The molecule has 1 aliphatic heterocycles. The molecular formula is C10H11NOS. The van der Waals surface area contributed by atoms with Crippen molar-refractivity contribution >= 4 is 17.2 Å². The Morgan fingerprint density at radius 2 is 2.31 bits per heavy atom. The number of nitrogens with one attached hydrogen (secondary N) is 1. The minimum Gasteiger partial charge on any atom is -0.505 e. The summed E-state index contributed by atoms with van der Waals surface area (Å²) in [5.74, 6) is 0.125. The number of rotatable bonds is 2. The highest BCUT2D eigenvalue weighted by Crippen LogP contribution is 2.07. The Bertz CT molecular complexity index is 313. The molecule has 0 atom stereocenters. The van der Waals surface area contributed by atoms with Crippen molar-refractivity contribution in [1.29, 1.82) is 0 Å². The first-order valence-electron chi connectivity index (χ1n) is 3.91. The normalized spacial score (nSPS) is 20.2. The summed E-state index contributed by atoms with van der Waals surface area (Å²) in [5, 5.41) is 12.2. The van der Waals surface area contributed by atoms with Crippen molar-refractivity contribution in [3.63, 3.8) is 0 Å². The summed E-state index contributed by atoms with van der Waals surface area (Å²) in [6.45, 7) is 4.21. The number of hydrogen-bond donors (Lipinski definition) is 2. The van der Waals surface area contributed by atoms with Crippen molar-refractivity contribution in [3.8, 4) is 0 Å². The highest BCUT2D eigenvalue weighted by atomic mass is 32.1. The van der Waals surface area contributed by atoms with Crippen LogP contribution < -0.4 is 5.32 Å². The molecule has 0 aliphatic carbocycles.